The van der Waals surface area contributed by atoms with E-state index in [2.05, 4.69) is 5.32 Å². The average Bonchev–Trinajstić information content (AvgIpc) is 1.99. The van der Waals surface area contributed by atoms with E-state index in [9.17, 15) is 9.59 Å². The van der Waals surface area contributed by atoms with E-state index in [1.165, 1.54) is 24.1 Å². The lowest BCUT2D eigenvalue weighted by atomic mass is 10.4. The zero-order valence-electron chi connectivity index (χ0n) is 6.92. The highest BCUT2D eigenvalue weighted by Gasteiger charge is 1.97. The molecule has 0 saturated carbocycles. The Hall–Kier alpha value is -1.32. The summed E-state index contributed by atoms with van der Waals surface area (Å²) in [6.45, 7) is 0. The van der Waals surface area contributed by atoms with Gasteiger partial charge in [-0.2, -0.15) is 0 Å². The largest absolute Gasteiger partial charge is 0.356 e. The maximum Gasteiger partial charge on any atom is 0.246 e. The number of hydrogen-bond donors (Lipinski definition) is 1. The predicted molar refractivity (Wildman–Crippen MR) is 41.9 cm³/mol. The summed E-state index contributed by atoms with van der Waals surface area (Å²) in [5, 5.41) is 2.36. The summed E-state index contributed by atoms with van der Waals surface area (Å²) in [6.07, 6.45) is 2.42. The highest BCUT2D eigenvalue weighted by molar-refractivity contribution is 5.96. The fraction of sp³-hybridized carbons (Fsp3) is 0.429. The first-order chi connectivity index (χ1) is 5.07. The van der Waals surface area contributed by atoms with Gasteiger partial charge in [-0.15, -0.1) is 0 Å². The Morgan fingerprint density at radius 1 is 1.27 bits per heavy atom. The molecule has 0 fully saturated rings. The van der Waals surface area contributed by atoms with E-state index in [1.807, 2.05) is 0 Å². The van der Waals surface area contributed by atoms with E-state index in [4.69, 9.17) is 0 Å². The van der Waals surface area contributed by atoms with Crippen LogP contribution >= 0.6 is 0 Å². The number of carbonyl (C=O) groups excluding carboxylic acids is 2. The van der Waals surface area contributed by atoms with Gasteiger partial charge in [-0.3, -0.25) is 9.59 Å². The maximum atomic E-state index is 10.8. The fourth-order valence-electron chi connectivity index (χ4n) is 0.379. The minimum atomic E-state index is -0.278. The van der Waals surface area contributed by atoms with Gasteiger partial charge < -0.3 is 10.2 Å². The zero-order valence-corrected chi connectivity index (χ0v) is 6.92. The Balaban J connectivity index is 3.93. The van der Waals surface area contributed by atoms with E-state index < -0.39 is 0 Å². The molecule has 0 aromatic heterocycles. The van der Waals surface area contributed by atoms with Gasteiger partial charge in [-0.1, -0.05) is 0 Å². The van der Waals surface area contributed by atoms with Crippen molar-refractivity contribution in [1.82, 2.24) is 10.2 Å². The molecule has 0 bridgehead atoms. The molecule has 62 valence electrons. The summed E-state index contributed by atoms with van der Waals surface area (Å²) in [5.74, 6) is -0.478. The Bertz CT molecular complexity index is 185. The molecule has 4 heteroatoms. The van der Waals surface area contributed by atoms with Crippen LogP contribution in [-0.2, 0) is 9.59 Å². The van der Waals surface area contributed by atoms with Crippen LogP contribution in [0.25, 0.3) is 0 Å². The topological polar surface area (TPSA) is 49.4 Å². The smallest absolute Gasteiger partial charge is 0.246 e. The molecule has 0 aliphatic rings. The second-order valence-electron chi connectivity index (χ2n) is 2.18. The fourth-order valence-corrected chi connectivity index (χ4v) is 0.379. The Morgan fingerprint density at radius 3 is 2.18 bits per heavy atom. The van der Waals surface area contributed by atoms with Crippen LogP contribution in [0.3, 0.4) is 0 Å². The van der Waals surface area contributed by atoms with Gasteiger partial charge >= 0.3 is 0 Å². The van der Waals surface area contributed by atoms with Crippen LogP contribution in [0.1, 0.15) is 0 Å². The minimum absolute atomic E-state index is 0.200. The molecule has 0 spiro atoms. The molecule has 4 nitrogen and oxygen atoms in total. The van der Waals surface area contributed by atoms with Crippen LogP contribution in [-0.4, -0.2) is 37.9 Å². The summed E-state index contributed by atoms with van der Waals surface area (Å²) in [7, 11) is 4.75. The van der Waals surface area contributed by atoms with Crippen LogP contribution in [0.4, 0.5) is 0 Å². The van der Waals surface area contributed by atoms with Gasteiger partial charge in [0.25, 0.3) is 0 Å². The zero-order chi connectivity index (χ0) is 8.85. The molecular weight excluding hydrogens is 144 g/mol. The Kier molecular flexibility index (Phi) is 3.95. The second-order valence-corrected chi connectivity index (χ2v) is 2.18. The molecule has 2 amide bonds. The van der Waals surface area contributed by atoms with Crippen molar-refractivity contribution in [3.05, 3.63) is 12.2 Å². The summed E-state index contributed by atoms with van der Waals surface area (Å²) < 4.78 is 0. The van der Waals surface area contributed by atoms with Gasteiger partial charge in [0.15, 0.2) is 0 Å². The van der Waals surface area contributed by atoms with Crippen molar-refractivity contribution in [2.45, 2.75) is 0 Å². The molecule has 11 heavy (non-hydrogen) atoms. The first-order valence-electron chi connectivity index (χ1n) is 3.19. The predicted octanol–water partition coefficient (Wildman–Crippen LogP) is -0.623. The number of hydrogen-bond acceptors (Lipinski definition) is 2. The minimum Gasteiger partial charge on any atom is -0.356 e. The third kappa shape index (κ3) is 4.13. The highest BCUT2D eigenvalue weighted by atomic mass is 16.2. The number of nitrogens with one attached hydrogen (secondary N) is 1. The molecule has 0 rings (SSSR count). The van der Waals surface area contributed by atoms with Gasteiger partial charge in [0.2, 0.25) is 11.8 Å². The number of carbonyl (C=O) groups is 2. The normalized spacial score (nSPS) is 9.73. The van der Waals surface area contributed by atoms with Crippen molar-refractivity contribution in [1.29, 1.82) is 0 Å². The van der Waals surface area contributed by atoms with Crippen LogP contribution in [0, 0.1) is 0 Å². The lowest BCUT2D eigenvalue weighted by molar-refractivity contribution is -0.124. The molecule has 0 heterocycles. The Morgan fingerprint density at radius 2 is 1.82 bits per heavy atom. The summed E-state index contributed by atoms with van der Waals surface area (Å²) in [6, 6.07) is 0. The van der Waals surface area contributed by atoms with E-state index in [0.29, 0.717) is 0 Å². The molecule has 0 atom stereocenters. The second kappa shape index (κ2) is 4.49. The molecule has 0 saturated heterocycles. The lowest BCUT2D eigenvalue weighted by Gasteiger charge is -2.04. The first-order valence-corrected chi connectivity index (χ1v) is 3.19. The molecule has 0 aliphatic carbocycles. The van der Waals surface area contributed by atoms with Crippen molar-refractivity contribution >= 4 is 11.8 Å². The molecule has 0 unspecified atom stereocenters. The standard InChI is InChI=1S/C7H12N2O2/c1-8-6(10)4-5-7(11)9(2)3/h4-5H,1-3H3,(H,8,10)/b5-4-. The molecular formula is C7H12N2O2. The van der Waals surface area contributed by atoms with Gasteiger partial charge in [-0.05, 0) is 0 Å². The number of rotatable bonds is 2. The first kappa shape index (κ1) is 9.68. The lowest BCUT2D eigenvalue weighted by Crippen LogP contribution is -2.20. The van der Waals surface area contributed by atoms with E-state index in [-0.39, 0.29) is 11.8 Å². The van der Waals surface area contributed by atoms with Crippen molar-refractivity contribution < 1.29 is 9.59 Å². The van der Waals surface area contributed by atoms with Crippen molar-refractivity contribution in [3.63, 3.8) is 0 Å². The number of likely N-dealkylation sites (N-methyl/N-ethyl adjacent to an activating group) is 2. The quantitative estimate of drug-likeness (QED) is 0.541. The summed E-state index contributed by atoms with van der Waals surface area (Å²) in [5.41, 5.74) is 0. The number of amides is 2. The van der Waals surface area contributed by atoms with E-state index in [1.54, 1.807) is 14.1 Å². The molecule has 1 N–H and O–H groups in total. The summed E-state index contributed by atoms with van der Waals surface area (Å²) in [4.78, 5) is 22.8. The molecule has 0 radical (unpaired) electrons. The van der Waals surface area contributed by atoms with E-state index >= 15 is 0 Å². The van der Waals surface area contributed by atoms with Crippen LogP contribution in [0.15, 0.2) is 12.2 Å². The van der Waals surface area contributed by atoms with Gasteiger partial charge in [0.1, 0.15) is 0 Å². The number of nitrogens with zero attached hydrogens (tertiary/aromatic N) is 1. The van der Waals surface area contributed by atoms with Crippen LogP contribution in [0.5, 0.6) is 0 Å². The van der Waals surface area contributed by atoms with Gasteiger partial charge in [-0.25, -0.2) is 0 Å². The van der Waals surface area contributed by atoms with Crippen molar-refractivity contribution in [3.8, 4) is 0 Å². The molecule has 0 aliphatic heterocycles. The van der Waals surface area contributed by atoms with Crippen molar-refractivity contribution in [2.75, 3.05) is 21.1 Å². The van der Waals surface area contributed by atoms with Crippen molar-refractivity contribution in [2.24, 2.45) is 0 Å². The highest BCUT2D eigenvalue weighted by Crippen LogP contribution is 1.80. The van der Waals surface area contributed by atoms with E-state index in [0.717, 1.165) is 0 Å². The SMILES string of the molecule is CNC(=O)/C=C\C(=O)N(C)C. The van der Waals surface area contributed by atoms with Gasteiger partial charge in [0.05, 0.1) is 0 Å². The Labute approximate surface area is 65.9 Å². The third-order valence-electron chi connectivity index (χ3n) is 1.06. The summed E-state index contributed by atoms with van der Waals surface area (Å²) >= 11 is 0. The molecule has 0 aromatic carbocycles. The van der Waals surface area contributed by atoms with Crippen LogP contribution in [0.2, 0.25) is 0 Å². The molecule has 0 aromatic rings. The average molecular weight is 156 g/mol. The van der Waals surface area contributed by atoms with Crippen LogP contribution < -0.4 is 5.32 Å². The third-order valence-corrected chi connectivity index (χ3v) is 1.06. The maximum absolute atomic E-state index is 10.8. The van der Waals surface area contributed by atoms with Gasteiger partial charge in [0, 0.05) is 33.3 Å². The monoisotopic (exact) mass is 156 g/mol.